The van der Waals surface area contributed by atoms with E-state index >= 15 is 0 Å². The number of imidazole rings is 2. The summed E-state index contributed by atoms with van der Waals surface area (Å²) in [4.78, 5) is 53.0. The maximum absolute atomic E-state index is 12.4. The van der Waals surface area contributed by atoms with Crippen LogP contribution < -0.4 is 11.6 Å². The molecule has 0 atom stereocenters. The van der Waals surface area contributed by atoms with Crippen LogP contribution in [0.2, 0.25) is 0 Å². The van der Waals surface area contributed by atoms with Crippen LogP contribution in [0.4, 0.5) is 0 Å². The van der Waals surface area contributed by atoms with E-state index in [1.807, 2.05) is 0 Å². The van der Waals surface area contributed by atoms with Crippen LogP contribution in [0.15, 0.2) is 39.7 Å². The van der Waals surface area contributed by atoms with Gasteiger partial charge in [-0.15, -0.1) is 0 Å². The lowest BCUT2D eigenvalue weighted by molar-refractivity contribution is 0.0883. The molecule has 0 aliphatic heterocycles. The summed E-state index contributed by atoms with van der Waals surface area (Å²) in [6, 6.07) is 0. The van der Waals surface area contributed by atoms with Gasteiger partial charge in [0.15, 0.2) is 34.7 Å². The van der Waals surface area contributed by atoms with Crippen LogP contribution >= 0.6 is 0 Å². The molecule has 0 fully saturated rings. The predicted molar refractivity (Wildman–Crippen MR) is 161 cm³/mol. The van der Waals surface area contributed by atoms with Gasteiger partial charge >= 0.3 is 32.1 Å². The van der Waals surface area contributed by atoms with Crippen LogP contribution in [-0.2, 0) is 56.3 Å². The molecule has 0 aliphatic carbocycles. The van der Waals surface area contributed by atoms with E-state index in [1.54, 1.807) is 6.92 Å². The zero-order valence-electron chi connectivity index (χ0n) is 27.2. The Morgan fingerprint density at radius 1 is 0.750 bits per heavy atom. The average molecular weight is 719 g/mol. The fraction of sp³-hybridized carbons (Fsp3) is 0.462. The molecule has 48 heavy (non-hydrogen) atoms. The minimum Gasteiger partial charge on any atom is -0.396 e. The number of aromatic nitrogens is 4. The SMILES string of the molecule is CC(=O)c1nc(COCc2oc(=O)oc2C)cn1S(=O)(=O)N(C)C.CC(=O)c1ncc(COCc2oc(=O)oc2C)n1S(=O)(=O)N(C)C. The molecule has 0 aromatic carbocycles. The molecule has 0 unspecified atom stereocenters. The Bertz CT molecular complexity index is 2100. The standard InChI is InChI=1S/2C13H17N3O7S/c1-8(17)12-14-10(5-16(12)24(19,20)15(3)4)6-21-7-11-9(2)22-13(18)23-11;1-8(17)12-14-5-10(16(12)24(19,20)15(3)4)6-21-7-11-9(2)22-13(18)23-11/h2*5H,6-7H2,1-4H3. The minimum atomic E-state index is -3.94. The highest BCUT2D eigenvalue weighted by Gasteiger charge is 2.27. The molecule has 0 N–H and O–H groups in total. The first-order valence-corrected chi connectivity index (χ1v) is 16.4. The van der Waals surface area contributed by atoms with Gasteiger partial charge in [-0.25, -0.2) is 27.5 Å². The molecule has 0 saturated heterocycles. The Balaban J connectivity index is 0.000000260. The van der Waals surface area contributed by atoms with E-state index in [1.165, 1.54) is 61.4 Å². The average Bonchev–Trinajstić information content (AvgIpc) is 3.75. The summed E-state index contributed by atoms with van der Waals surface area (Å²) in [5.41, 5.74) is 0.409. The second-order valence-corrected chi connectivity index (χ2v) is 14.2. The molecule has 4 aromatic rings. The highest BCUT2D eigenvalue weighted by molar-refractivity contribution is 7.87. The molecule has 4 rings (SSSR count). The topological polar surface area (TPSA) is 250 Å². The van der Waals surface area contributed by atoms with Gasteiger partial charge in [-0.1, -0.05) is 0 Å². The molecule has 264 valence electrons. The van der Waals surface area contributed by atoms with E-state index in [0.717, 1.165) is 16.6 Å². The van der Waals surface area contributed by atoms with E-state index in [4.69, 9.17) is 27.1 Å². The summed E-state index contributed by atoms with van der Waals surface area (Å²) < 4.78 is 82.4. The first-order chi connectivity index (χ1) is 22.3. The van der Waals surface area contributed by atoms with Crippen molar-refractivity contribution in [1.29, 1.82) is 0 Å². The first-order valence-electron chi connectivity index (χ1n) is 13.6. The van der Waals surface area contributed by atoms with Crippen molar-refractivity contribution in [2.24, 2.45) is 0 Å². The van der Waals surface area contributed by atoms with Gasteiger partial charge in [-0.3, -0.25) is 9.59 Å². The van der Waals surface area contributed by atoms with Crippen LogP contribution in [0.5, 0.6) is 0 Å². The van der Waals surface area contributed by atoms with Crippen molar-refractivity contribution in [1.82, 2.24) is 26.5 Å². The molecule has 0 aliphatic rings. The number of aryl methyl sites for hydroxylation is 2. The number of ether oxygens (including phenoxy) is 2. The maximum Gasteiger partial charge on any atom is 0.519 e. The van der Waals surface area contributed by atoms with Crippen molar-refractivity contribution in [3.05, 3.63) is 79.7 Å². The quantitative estimate of drug-likeness (QED) is 0.162. The molecule has 0 spiro atoms. The van der Waals surface area contributed by atoms with Crippen molar-refractivity contribution >= 4 is 32.0 Å². The number of nitrogens with zero attached hydrogens (tertiary/aromatic N) is 6. The van der Waals surface area contributed by atoms with Gasteiger partial charge in [0.25, 0.3) is 0 Å². The van der Waals surface area contributed by atoms with Gasteiger partial charge in [-0.05, 0) is 13.8 Å². The zero-order chi connectivity index (χ0) is 36.1. The number of hydrogen-bond donors (Lipinski definition) is 0. The summed E-state index contributed by atoms with van der Waals surface area (Å²) in [5.74, 6) is -2.09. The maximum atomic E-state index is 12.4. The van der Waals surface area contributed by atoms with Gasteiger partial charge in [-0.2, -0.15) is 25.4 Å². The lowest BCUT2D eigenvalue weighted by Crippen LogP contribution is -2.32. The number of carbonyl (C=O) groups is 2. The molecule has 4 heterocycles. The van der Waals surface area contributed by atoms with Crippen molar-refractivity contribution in [3.63, 3.8) is 0 Å². The number of hydrogen-bond acceptors (Lipinski definition) is 16. The molecular formula is C26H34N6O14S2. The molecule has 22 heteroatoms. The predicted octanol–water partition coefficient (Wildman–Crippen LogP) is 0.623. The van der Waals surface area contributed by atoms with E-state index in [-0.39, 0.29) is 66.7 Å². The lowest BCUT2D eigenvalue weighted by Gasteiger charge is -2.16. The summed E-state index contributed by atoms with van der Waals surface area (Å²) >= 11 is 0. The molecule has 0 bridgehead atoms. The summed E-state index contributed by atoms with van der Waals surface area (Å²) in [7, 11) is -2.45. The summed E-state index contributed by atoms with van der Waals surface area (Å²) in [6.45, 7) is 5.14. The fourth-order valence-electron chi connectivity index (χ4n) is 3.70. The third-order valence-corrected chi connectivity index (χ3v) is 9.67. The van der Waals surface area contributed by atoms with Crippen molar-refractivity contribution in [2.75, 3.05) is 28.2 Å². The van der Waals surface area contributed by atoms with E-state index in [2.05, 4.69) is 9.97 Å². The van der Waals surface area contributed by atoms with Crippen molar-refractivity contribution in [3.8, 4) is 0 Å². The molecule has 0 radical (unpaired) electrons. The summed E-state index contributed by atoms with van der Waals surface area (Å²) in [6.07, 6.45) is 2.46. The van der Waals surface area contributed by atoms with Gasteiger partial charge < -0.3 is 27.1 Å². The minimum absolute atomic E-state index is 0.0553. The molecule has 0 saturated carbocycles. The third kappa shape index (κ3) is 8.70. The van der Waals surface area contributed by atoms with Gasteiger partial charge in [0.2, 0.25) is 0 Å². The Morgan fingerprint density at radius 3 is 1.65 bits per heavy atom. The smallest absolute Gasteiger partial charge is 0.396 e. The van der Waals surface area contributed by atoms with Gasteiger partial charge in [0.05, 0.1) is 30.8 Å². The second-order valence-electron chi connectivity index (χ2n) is 10.2. The molecular weight excluding hydrogens is 684 g/mol. The van der Waals surface area contributed by atoms with Gasteiger partial charge in [0.1, 0.15) is 24.7 Å². The highest BCUT2D eigenvalue weighted by Crippen LogP contribution is 2.16. The van der Waals surface area contributed by atoms with Crippen LogP contribution in [-0.4, -0.2) is 83.1 Å². The largest absolute Gasteiger partial charge is 0.519 e. The monoisotopic (exact) mass is 718 g/mol. The Kier molecular flexibility index (Phi) is 12.0. The van der Waals surface area contributed by atoms with Crippen LogP contribution in [0, 0.1) is 13.8 Å². The third-order valence-electron chi connectivity index (χ3n) is 6.18. The zero-order valence-corrected chi connectivity index (χ0v) is 28.8. The molecule has 4 aromatic heterocycles. The van der Waals surface area contributed by atoms with Crippen LogP contribution in [0.25, 0.3) is 0 Å². The molecule has 0 amide bonds. The van der Waals surface area contributed by atoms with E-state index < -0.39 is 43.6 Å². The first kappa shape index (κ1) is 38.0. The van der Waals surface area contributed by atoms with E-state index in [0.29, 0.717) is 5.76 Å². The van der Waals surface area contributed by atoms with Crippen molar-refractivity contribution in [2.45, 2.75) is 54.1 Å². The number of rotatable bonds is 14. The van der Waals surface area contributed by atoms with Gasteiger partial charge in [0, 0.05) is 48.2 Å². The fourth-order valence-corrected chi connectivity index (χ4v) is 5.81. The highest BCUT2D eigenvalue weighted by atomic mass is 32.2. The van der Waals surface area contributed by atoms with Crippen LogP contribution in [0.1, 0.15) is 69.5 Å². The summed E-state index contributed by atoms with van der Waals surface area (Å²) in [5, 5.41) is 0. The van der Waals surface area contributed by atoms with Crippen LogP contribution in [0.3, 0.4) is 0 Å². The Hall–Kier alpha value is -4.48. The lowest BCUT2D eigenvalue weighted by atomic mass is 10.4. The van der Waals surface area contributed by atoms with E-state index in [9.17, 15) is 36.0 Å². The number of carbonyl (C=O) groups excluding carboxylic acids is 2. The normalized spacial score (nSPS) is 12.0. The Labute approximate surface area is 273 Å². The Morgan fingerprint density at radius 2 is 1.23 bits per heavy atom. The number of ketones is 2. The van der Waals surface area contributed by atoms with Crippen molar-refractivity contribution < 1.29 is 53.6 Å². The number of Topliss-reactive ketones (excluding diaryl/α,β-unsaturated/α-hetero) is 2. The second kappa shape index (κ2) is 15.2. The molecule has 20 nitrogen and oxygen atoms in total.